The van der Waals surface area contributed by atoms with Crippen LogP contribution in [0.1, 0.15) is 29.9 Å². The second kappa shape index (κ2) is 4.95. The Morgan fingerprint density at radius 3 is 2.93 bits per heavy atom. The molecule has 1 aromatic heterocycles. The first-order valence-corrected chi connectivity index (χ1v) is 5.40. The molecule has 1 amide bonds. The predicted octanol–water partition coefficient (Wildman–Crippen LogP) is 1.50. The van der Waals surface area contributed by atoms with Gasteiger partial charge in [-0.1, -0.05) is 25.2 Å². The number of nitrogen functional groups attached to an aromatic ring is 1. The first kappa shape index (κ1) is 11.0. The van der Waals surface area contributed by atoms with Gasteiger partial charge in [0.15, 0.2) is 5.13 Å². The molecule has 14 heavy (non-hydrogen) atoms. The molecule has 0 atom stereocenters. The van der Waals surface area contributed by atoms with Crippen LogP contribution in [0, 0.1) is 5.92 Å². The molecule has 0 aliphatic carbocycles. The number of aromatic nitrogens is 1. The molecule has 0 unspecified atom stereocenters. The van der Waals surface area contributed by atoms with Crippen molar-refractivity contribution in [3.63, 3.8) is 0 Å². The van der Waals surface area contributed by atoms with E-state index < -0.39 is 0 Å². The van der Waals surface area contributed by atoms with Crippen LogP contribution in [0.15, 0.2) is 6.20 Å². The summed E-state index contributed by atoms with van der Waals surface area (Å²) in [6.45, 7) is 4.95. The van der Waals surface area contributed by atoms with Crippen LogP contribution >= 0.6 is 11.3 Å². The Kier molecular flexibility index (Phi) is 3.88. The lowest BCUT2D eigenvalue weighted by atomic mass is 10.1. The largest absolute Gasteiger partial charge is 0.375 e. The van der Waals surface area contributed by atoms with Gasteiger partial charge in [0.2, 0.25) is 0 Å². The zero-order chi connectivity index (χ0) is 10.6. The highest BCUT2D eigenvalue weighted by Gasteiger charge is 2.08. The fourth-order valence-corrected chi connectivity index (χ4v) is 1.56. The summed E-state index contributed by atoms with van der Waals surface area (Å²) in [5.74, 6) is 0.515. The lowest BCUT2D eigenvalue weighted by molar-refractivity contribution is 0.0956. The minimum atomic E-state index is -0.0835. The summed E-state index contributed by atoms with van der Waals surface area (Å²) in [4.78, 5) is 15.8. The van der Waals surface area contributed by atoms with E-state index in [-0.39, 0.29) is 5.91 Å². The average molecular weight is 213 g/mol. The van der Waals surface area contributed by atoms with Gasteiger partial charge in [0.25, 0.3) is 5.91 Å². The third-order valence-corrected chi connectivity index (χ3v) is 2.58. The zero-order valence-electron chi connectivity index (χ0n) is 8.41. The molecule has 0 aliphatic heterocycles. The third kappa shape index (κ3) is 3.33. The van der Waals surface area contributed by atoms with Crippen LogP contribution < -0.4 is 11.1 Å². The molecule has 0 fully saturated rings. The standard InChI is InChI=1S/C9H15N3OS/c1-6(2)3-4-11-8(13)7-5-12-9(10)14-7/h5-6H,3-4H2,1-2H3,(H2,10,12)(H,11,13). The zero-order valence-corrected chi connectivity index (χ0v) is 9.23. The maximum absolute atomic E-state index is 11.4. The fraction of sp³-hybridized carbons (Fsp3) is 0.556. The van der Waals surface area contributed by atoms with Crippen molar-refractivity contribution in [2.45, 2.75) is 20.3 Å². The molecule has 5 heteroatoms. The van der Waals surface area contributed by atoms with Crippen molar-refractivity contribution in [2.75, 3.05) is 12.3 Å². The highest BCUT2D eigenvalue weighted by Crippen LogP contribution is 2.13. The van der Waals surface area contributed by atoms with Gasteiger partial charge in [-0.15, -0.1) is 0 Å². The number of nitrogens with zero attached hydrogens (tertiary/aromatic N) is 1. The van der Waals surface area contributed by atoms with E-state index in [0.29, 0.717) is 22.5 Å². The number of anilines is 1. The summed E-state index contributed by atoms with van der Waals surface area (Å²) in [5.41, 5.74) is 5.42. The maximum Gasteiger partial charge on any atom is 0.263 e. The Balaban J connectivity index is 2.36. The molecule has 4 nitrogen and oxygen atoms in total. The number of nitrogens with one attached hydrogen (secondary N) is 1. The summed E-state index contributed by atoms with van der Waals surface area (Å²) in [6, 6.07) is 0. The van der Waals surface area contributed by atoms with Crippen molar-refractivity contribution in [1.29, 1.82) is 0 Å². The van der Waals surface area contributed by atoms with Crippen molar-refractivity contribution >= 4 is 22.4 Å². The van der Waals surface area contributed by atoms with Crippen LogP contribution in [0.2, 0.25) is 0 Å². The van der Waals surface area contributed by atoms with Crippen molar-refractivity contribution in [1.82, 2.24) is 10.3 Å². The lowest BCUT2D eigenvalue weighted by Gasteiger charge is -2.05. The number of hydrogen-bond donors (Lipinski definition) is 2. The molecule has 78 valence electrons. The summed E-state index contributed by atoms with van der Waals surface area (Å²) in [7, 11) is 0. The van der Waals surface area contributed by atoms with Crippen molar-refractivity contribution in [3.05, 3.63) is 11.1 Å². The van der Waals surface area contributed by atoms with Gasteiger partial charge in [0.1, 0.15) is 4.88 Å². The second-order valence-corrected chi connectivity index (χ2v) is 4.56. The van der Waals surface area contributed by atoms with E-state index in [1.807, 2.05) is 0 Å². The van der Waals surface area contributed by atoms with Crippen LogP contribution in [0.3, 0.4) is 0 Å². The Hall–Kier alpha value is -1.10. The van der Waals surface area contributed by atoms with Gasteiger partial charge in [-0.2, -0.15) is 0 Å². The van der Waals surface area contributed by atoms with Crippen LogP contribution in [0.25, 0.3) is 0 Å². The molecule has 0 radical (unpaired) electrons. The number of amides is 1. The molecule has 0 aromatic carbocycles. The molecule has 0 bridgehead atoms. The molecule has 0 spiro atoms. The van der Waals surface area contributed by atoms with Gasteiger partial charge in [-0.3, -0.25) is 4.79 Å². The number of hydrogen-bond acceptors (Lipinski definition) is 4. The van der Waals surface area contributed by atoms with Crippen molar-refractivity contribution < 1.29 is 4.79 Å². The van der Waals surface area contributed by atoms with Crippen molar-refractivity contribution in [3.8, 4) is 0 Å². The number of nitrogens with two attached hydrogens (primary N) is 1. The SMILES string of the molecule is CC(C)CCNC(=O)c1cnc(N)s1. The van der Waals surface area contributed by atoms with Crippen LogP contribution in [-0.4, -0.2) is 17.4 Å². The first-order valence-electron chi connectivity index (χ1n) is 4.59. The molecule has 0 aliphatic rings. The Labute approximate surface area is 87.5 Å². The summed E-state index contributed by atoms with van der Waals surface area (Å²) in [6.07, 6.45) is 2.49. The summed E-state index contributed by atoms with van der Waals surface area (Å²) in [5, 5.41) is 3.25. The third-order valence-electron chi connectivity index (χ3n) is 1.75. The van der Waals surface area contributed by atoms with Gasteiger partial charge in [-0.05, 0) is 12.3 Å². The molecular formula is C9H15N3OS. The lowest BCUT2D eigenvalue weighted by Crippen LogP contribution is -2.24. The molecular weight excluding hydrogens is 198 g/mol. The Bertz CT molecular complexity index is 309. The van der Waals surface area contributed by atoms with E-state index in [0.717, 1.165) is 6.42 Å². The summed E-state index contributed by atoms with van der Waals surface area (Å²) < 4.78 is 0. The van der Waals surface area contributed by atoms with Crippen LogP contribution in [0.5, 0.6) is 0 Å². The van der Waals surface area contributed by atoms with Gasteiger partial charge in [0.05, 0.1) is 6.20 Å². The topological polar surface area (TPSA) is 68.0 Å². The molecule has 1 heterocycles. The minimum absolute atomic E-state index is 0.0835. The van der Waals surface area contributed by atoms with E-state index in [1.165, 1.54) is 17.5 Å². The number of carbonyl (C=O) groups excluding carboxylic acids is 1. The molecule has 0 saturated heterocycles. The monoisotopic (exact) mass is 213 g/mol. The average Bonchev–Trinajstić information content (AvgIpc) is 2.51. The molecule has 3 N–H and O–H groups in total. The van der Waals surface area contributed by atoms with Gasteiger partial charge in [-0.25, -0.2) is 4.98 Å². The number of rotatable bonds is 4. The quantitative estimate of drug-likeness (QED) is 0.796. The fourth-order valence-electron chi connectivity index (χ4n) is 0.954. The number of thiazole rings is 1. The Morgan fingerprint density at radius 1 is 1.71 bits per heavy atom. The summed E-state index contributed by atoms with van der Waals surface area (Å²) >= 11 is 1.21. The highest BCUT2D eigenvalue weighted by molar-refractivity contribution is 7.17. The van der Waals surface area contributed by atoms with Crippen LogP contribution in [0.4, 0.5) is 5.13 Å². The van der Waals surface area contributed by atoms with E-state index in [4.69, 9.17) is 5.73 Å². The smallest absolute Gasteiger partial charge is 0.263 e. The van der Waals surface area contributed by atoms with Gasteiger partial charge >= 0.3 is 0 Å². The molecule has 1 rings (SSSR count). The van der Waals surface area contributed by atoms with Crippen molar-refractivity contribution in [2.24, 2.45) is 5.92 Å². The Morgan fingerprint density at radius 2 is 2.43 bits per heavy atom. The van der Waals surface area contributed by atoms with Crippen LogP contribution in [-0.2, 0) is 0 Å². The van der Waals surface area contributed by atoms with E-state index in [1.54, 1.807) is 0 Å². The van der Waals surface area contributed by atoms with E-state index >= 15 is 0 Å². The second-order valence-electron chi connectivity index (χ2n) is 3.50. The van der Waals surface area contributed by atoms with E-state index in [2.05, 4.69) is 24.1 Å². The maximum atomic E-state index is 11.4. The molecule has 0 saturated carbocycles. The highest BCUT2D eigenvalue weighted by atomic mass is 32.1. The normalized spacial score (nSPS) is 10.5. The first-order chi connectivity index (χ1) is 6.59. The van der Waals surface area contributed by atoms with Gasteiger partial charge < -0.3 is 11.1 Å². The van der Waals surface area contributed by atoms with Gasteiger partial charge in [0, 0.05) is 6.54 Å². The molecule has 1 aromatic rings. The predicted molar refractivity (Wildman–Crippen MR) is 58.3 cm³/mol. The van der Waals surface area contributed by atoms with E-state index in [9.17, 15) is 4.79 Å². The minimum Gasteiger partial charge on any atom is -0.375 e. The number of carbonyl (C=O) groups is 1.